The summed E-state index contributed by atoms with van der Waals surface area (Å²) in [7, 11) is 0. The molecule has 0 N–H and O–H groups in total. The summed E-state index contributed by atoms with van der Waals surface area (Å²) < 4.78 is 0. The van der Waals surface area contributed by atoms with Gasteiger partial charge in [0.1, 0.15) is 0 Å². The van der Waals surface area contributed by atoms with Crippen LogP contribution >= 0.6 is 0 Å². The Morgan fingerprint density at radius 2 is 2.11 bits per heavy atom. The number of hydrogen-bond acceptors (Lipinski definition) is 0. The summed E-state index contributed by atoms with van der Waals surface area (Å²) in [5.74, 6) is 1.10. The molecule has 1 aliphatic rings. The van der Waals surface area contributed by atoms with E-state index in [0.717, 1.165) is 5.92 Å². The monoisotopic (exact) mass is 124 g/mol. The Hall–Kier alpha value is -0.260. The minimum absolute atomic E-state index is 1.10. The topological polar surface area (TPSA) is 0 Å². The normalized spacial score (nSPS) is 19.2. The Bertz CT molecular complexity index is 88.2. The van der Waals surface area contributed by atoms with Gasteiger partial charge in [0.15, 0.2) is 0 Å². The van der Waals surface area contributed by atoms with Gasteiger partial charge in [0.2, 0.25) is 0 Å². The van der Waals surface area contributed by atoms with E-state index in [1.165, 1.54) is 32.1 Å². The molecule has 52 valence electrons. The van der Waals surface area contributed by atoms with Crippen molar-refractivity contribution in [3.63, 3.8) is 0 Å². The highest BCUT2D eigenvalue weighted by molar-refractivity contribution is 4.83. The lowest BCUT2D eigenvalue weighted by atomic mass is 10.2. The van der Waals surface area contributed by atoms with Crippen LogP contribution in [0.3, 0.4) is 0 Å². The maximum Gasteiger partial charge on any atom is -0.0348 e. The van der Waals surface area contributed by atoms with Crippen LogP contribution in [0.1, 0.15) is 39.0 Å². The Morgan fingerprint density at radius 3 is 2.67 bits per heavy atom. The third-order valence-corrected chi connectivity index (χ3v) is 1.84. The van der Waals surface area contributed by atoms with E-state index < -0.39 is 0 Å². The van der Waals surface area contributed by atoms with Gasteiger partial charge in [0.25, 0.3) is 0 Å². The van der Waals surface area contributed by atoms with Crippen LogP contribution in [0.5, 0.6) is 0 Å². The fourth-order valence-electron chi connectivity index (χ4n) is 1.02. The van der Waals surface area contributed by atoms with Crippen LogP contribution < -0.4 is 0 Å². The van der Waals surface area contributed by atoms with Gasteiger partial charge in [-0.25, -0.2) is 0 Å². The van der Waals surface area contributed by atoms with Gasteiger partial charge in [0.05, 0.1) is 0 Å². The molecule has 0 amide bonds. The van der Waals surface area contributed by atoms with Crippen molar-refractivity contribution in [1.29, 1.82) is 0 Å². The SMILES string of the molecule is CC/C=C/CCC1CC1. The summed E-state index contributed by atoms with van der Waals surface area (Å²) in [6.07, 6.45) is 11.5. The molecule has 0 aromatic rings. The van der Waals surface area contributed by atoms with Crippen LogP contribution in [-0.2, 0) is 0 Å². The maximum atomic E-state index is 2.32. The zero-order valence-corrected chi connectivity index (χ0v) is 6.27. The van der Waals surface area contributed by atoms with E-state index in [1.54, 1.807) is 0 Å². The van der Waals surface area contributed by atoms with E-state index in [-0.39, 0.29) is 0 Å². The van der Waals surface area contributed by atoms with Crippen molar-refractivity contribution in [1.82, 2.24) is 0 Å². The summed E-state index contributed by atoms with van der Waals surface area (Å²) >= 11 is 0. The molecule has 0 nitrogen and oxygen atoms in total. The molecule has 0 heteroatoms. The fourth-order valence-corrected chi connectivity index (χ4v) is 1.02. The summed E-state index contributed by atoms with van der Waals surface area (Å²) in [4.78, 5) is 0. The highest BCUT2D eigenvalue weighted by Gasteiger charge is 2.19. The molecule has 0 saturated heterocycles. The van der Waals surface area contributed by atoms with Gasteiger partial charge in [-0.3, -0.25) is 0 Å². The van der Waals surface area contributed by atoms with Crippen molar-refractivity contribution >= 4 is 0 Å². The van der Waals surface area contributed by atoms with Crippen LogP contribution in [-0.4, -0.2) is 0 Å². The van der Waals surface area contributed by atoms with Crippen molar-refractivity contribution in [2.24, 2.45) is 5.92 Å². The van der Waals surface area contributed by atoms with Crippen LogP contribution in [0.2, 0.25) is 0 Å². The molecule has 0 bridgehead atoms. The van der Waals surface area contributed by atoms with Gasteiger partial charge < -0.3 is 0 Å². The molecule has 0 aromatic heterocycles. The van der Waals surface area contributed by atoms with Crippen molar-refractivity contribution in [2.75, 3.05) is 0 Å². The third kappa shape index (κ3) is 3.34. The molecule has 1 aliphatic carbocycles. The highest BCUT2D eigenvalue weighted by atomic mass is 14.2. The summed E-state index contributed by atoms with van der Waals surface area (Å²) in [6, 6.07) is 0. The first-order valence-electron chi connectivity index (χ1n) is 4.08. The maximum absolute atomic E-state index is 2.32. The van der Waals surface area contributed by atoms with Gasteiger partial charge >= 0.3 is 0 Å². The van der Waals surface area contributed by atoms with Gasteiger partial charge in [-0.15, -0.1) is 0 Å². The summed E-state index contributed by atoms with van der Waals surface area (Å²) in [5.41, 5.74) is 0. The van der Waals surface area contributed by atoms with Crippen molar-refractivity contribution in [3.8, 4) is 0 Å². The van der Waals surface area contributed by atoms with E-state index in [9.17, 15) is 0 Å². The predicted octanol–water partition coefficient (Wildman–Crippen LogP) is 3.14. The first-order chi connectivity index (χ1) is 4.43. The molecular weight excluding hydrogens is 108 g/mol. The third-order valence-electron chi connectivity index (χ3n) is 1.84. The molecule has 0 aliphatic heterocycles. The molecule has 1 fully saturated rings. The van der Waals surface area contributed by atoms with Crippen molar-refractivity contribution in [2.45, 2.75) is 39.0 Å². The highest BCUT2D eigenvalue weighted by Crippen LogP contribution is 2.33. The molecule has 0 spiro atoms. The lowest BCUT2D eigenvalue weighted by Gasteiger charge is -1.87. The predicted molar refractivity (Wildman–Crippen MR) is 41.4 cm³/mol. The standard InChI is InChI=1S/C9H16/c1-2-3-4-5-6-9-7-8-9/h3-4,9H,2,5-8H2,1H3/b4-3+. The Balaban J connectivity index is 1.85. The second-order valence-electron chi connectivity index (χ2n) is 2.90. The largest absolute Gasteiger partial charge is 0.0888 e. The average molecular weight is 124 g/mol. The molecule has 1 rings (SSSR count). The Kier molecular flexibility index (Phi) is 2.82. The zero-order chi connectivity index (χ0) is 6.53. The van der Waals surface area contributed by atoms with E-state index in [1.807, 2.05) is 0 Å². The molecule has 9 heavy (non-hydrogen) atoms. The van der Waals surface area contributed by atoms with E-state index in [0.29, 0.717) is 0 Å². The van der Waals surface area contributed by atoms with Gasteiger partial charge in [-0.05, 0) is 25.2 Å². The molecule has 1 saturated carbocycles. The van der Waals surface area contributed by atoms with Crippen LogP contribution in [0, 0.1) is 5.92 Å². The average Bonchev–Trinajstić information content (AvgIpc) is 2.63. The fraction of sp³-hybridized carbons (Fsp3) is 0.778. The summed E-state index contributed by atoms with van der Waals surface area (Å²) in [6.45, 7) is 2.19. The Morgan fingerprint density at radius 1 is 1.33 bits per heavy atom. The van der Waals surface area contributed by atoms with E-state index in [2.05, 4.69) is 19.1 Å². The zero-order valence-electron chi connectivity index (χ0n) is 6.27. The molecule has 0 atom stereocenters. The first kappa shape index (κ1) is 6.85. The van der Waals surface area contributed by atoms with Crippen LogP contribution in [0.25, 0.3) is 0 Å². The lowest BCUT2D eigenvalue weighted by Crippen LogP contribution is -1.71. The molecule has 0 radical (unpaired) electrons. The second kappa shape index (κ2) is 3.71. The van der Waals surface area contributed by atoms with Crippen LogP contribution in [0.4, 0.5) is 0 Å². The number of rotatable bonds is 4. The van der Waals surface area contributed by atoms with E-state index >= 15 is 0 Å². The lowest BCUT2D eigenvalue weighted by molar-refractivity contribution is 0.740. The minimum Gasteiger partial charge on any atom is -0.0888 e. The smallest absolute Gasteiger partial charge is 0.0348 e. The second-order valence-corrected chi connectivity index (χ2v) is 2.90. The summed E-state index contributed by atoms with van der Waals surface area (Å²) in [5, 5.41) is 0. The Labute approximate surface area is 58.0 Å². The van der Waals surface area contributed by atoms with Crippen LogP contribution in [0.15, 0.2) is 12.2 Å². The molecule has 0 heterocycles. The van der Waals surface area contributed by atoms with Crippen molar-refractivity contribution in [3.05, 3.63) is 12.2 Å². The first-order valence-corrected chi connectivity index (χ1v) is 4.08. The van der Waals surface area contributed by atoms with Gasteiger partial charge in [0, 0.05) is 0 Å². The van der Waals surface area contributed by atoms with Gasteiger partial charge in [-0.1, -0.05) is 31.9 Å². The minimum atomic E-state index is 1.10. The molecule has 0 unspecified atom stereocenters. The molecule has 0 aromatic carbocycles. The van der Waals surface area contributed by atoms with Gasteiger partial charge in [-0.2, -0.15) is 0 Å². The van der Waals surface area contributed by atoms with Crippen molar-refractivity contribution < 1.29 is 0 Å². The quantitative estimate of drug-likeness (QED) is 0.505. The molecular formula is C9H16. The van der Waals surface area contributed by atoms with E-state index in [4.69, 9.17) is 0 Å². The number of hydrogen-bond donors (Lipinski definition) is 0. The number of allylic oxidation sites excluding steroid dienone is 2.